The second-order valence-corrected chi connectivity index (χ2v) is 7.49. The molecule has 2 saturated carbocycles. The SMILES string of the molecule is COc1ccc([C@H]2[C@H]3CCCC[C@H]3[C@@H]2NC(=O)c2ccncc2)cc1OC. The van der Waals surface area contributed by atoms with Gasteiger partial charge in [0, 0.05) is 29.9 Å². The molecule has 2 aliphatic rings. The van der Waals surface area contributed by atoms with Crippen molar-refractivity contribution in [2.24, 2.45) is 11.8 Å². The van der Waals surface area contributed by atoms with Gasteiger partial charge in [0.1, 0.15) is 0 Å². The highest BCUT2D eigenvalue weighted by Crippen LogP contribution is 2.55. The first kappa shape index (κ1) is 17.8. The molecule has 2 aromatic rings. The van der Waals surface area contributed by atoms with E-state index in [9.17, 15) is 4.79 Å². The third-order valence-corrected chi connectivity index (χ3v) is 6.22. The maximum absolute atomic E-state index is 12.7. The molecule has 4 atom stereocenters. The Labute approximate surface area is 160 Å². The summed E-state index contributed by atoms with van der Waals surface area (Å²) in [5.74, 6) is 2.96. The van der Waals surface area contributed by atoms with E-state index < -0.39 is 0 Å². The summed E-state index contributed by atoms with van der Waals surface area (Å²) >= 11 is 0. The number of benzene rings is 1. The Balaban J connectivity index is 1.60. The van der Waals surface area contributed by atoms with Gasteiger partial charge >= 0.3 is 0 Å². The van der Waals surface area contributed by atoms with E-state index in [-0.39, 0.29) is 11.9 Å². The van der Waals surface area contributed by atoms with Crippen LogP contribution in [0.3, 0.4) is 0 Å². The number of fused-ring (bicyclic) bond motifs is 1. The Morgan fingerprint density at radius 3 is 2.41 bits per heavy atom. The molecule has 5 nitrogen and oxygen atoms in total. The first-order valence-corrected chi connectivity index (χ1v) is 9.65. The van der Waals surface area contributed by atoms with E-state index in [0.29, 0.717) is 23.3 Å². The number of hydrogen-bond donors (Lipinski definition) is 1. The Hall–Kier alpha value is -2.56. The van der Waals surface area contributed by atoms with Crippen LogP contribution in [0.4, 0.5) is 0 Å². The molecule has 27 heavy (non-hydrogen) atoms. The quantitative estimate of drug-likeness (QED) is 0.874. The number of amides is 1. The lowest BCUT2D eigenvalue weighted by atomic mass is 9.53. The van der Waals surface area contributed by atoms with Crippen LogP contribution in [0.2, 0.25) is 0 Å². The number of rotatable bonds is 5. The molecular weight excluding hydrogens is 340 g/mol. The number of aromatic nitrogens is 1. The van der Waals surface area contributed by atoms with E-state index in [1.807, 2.05) is 6.07 Å². The van der Waals surface area contributed by atoms with Gasteiger partial charge in [0.05, 0.1) is 14.2 Å². The minimum atomic E-state index is -0.0168. The fourth-order valence-corrected chi connectivity index (χ4v) is 4.92. The van der Waals surface area contributed by atoms with E-state index in [4.69, 9.17) is 9.47 Å². The van der Waals surface area contributed by atoms with Crippen LogP contribution >= 0.6 is 0 Å². The van der Waals surface area contributed by atoms with Crippen molar-refractivity contribution in [3.8, 4) is 11.5 Å². The van der Waals surface area contributed by atoms with E-state index in [1.54, 1.807) is 38.7 Å². The highest BCUT2D eigenvalue weighted by Gasteiger charge is 2.52. The molecule has 0 spiro atoms. The number of ether oxygens (including phenoxy) is 2. The molecule has 1 amide bonds. The first-order valence-electron chi connectivity index (χ1n) is 9.65. The molecule has 2 aliphatic carbocycles. The van der Waals surface area contributed by atoms with Crippen molar-refractivity contribution >= 4 is 5.91 Å². The van der Waals surface area contributed by atoms with Crippen molar-refractivity contribution in [1.29, 1.82) is 0 Å². The lowest BCUT2D eigenvalue weighted by Crippen LogP contribution is -2.59. The summed E-state index contributed by atoms with van der Waals surface area (Å²) in [6.07, 6.45) is 8.26. The summed E-state index contributed by atoms with van der Waals surface area (Å²) in [4.78, 5) is 16.7. The Bertz CT molecular complexity index is 808. The predicted octanol–water partition coefficient (Wildman–Crippen LogP) is 3.80. The van der Waals surface area contributed by atoms with Crippen molar-refractivity contribution in [3.63, 3.8) is 0 Å². The number of nitrogens with one attached hydrogen (secondary N) is 1. The average Bonchev–Trinajstić information content (AvgIpc) is 2.72. The highest BCUT2D eigenvalue weighted by molar-refractivity contribution is 5.94. The molecule has 0 unspecified atom stereocenters. The fraction of sp³-hybridized carbons (Fsp3) is 0.455. The number of carbonyl (C=O) groups is 1. The second-order valence-electron chi connectivity index (χ2n) is 7.49. The van der Waals surface area contributed by atoms with Crippen molar-refractivity contribution in [2.45, 2.75) is 37.6 Å². The van der Waals surface area contributed by atoms with Crippen LogP contribution in [0.5, 0.6) is 11.5 Å². The maximum atomic E-state index is 12.7. The number of hydrogen-bond acceptors (Lipinski definition) is 4. The molecule has 0 saturated heterocycles. The molecule has 1 heterocycles. The van der Waals surface area contributed by atoms with Crippen LogP contribution in [0.25, 0.3) is 0 Å². The lowest BCUT2D eigenvalue weighted by Gasteiger charge is -2.55. The summed E-state index contributed by atoms with van der Waals surface area (Å²) in [5, 5.41) is 3.31. The van der Waals surface area contributed by atoms with Gasteiger partial charge in [0.2, 0.25) is 0 Å². The molecule has 0 aliphatic heterocycles. The van der Waals surface area contributed by atoms with Gasteiger partial charge in [-0.2, -0.15) is 0 Å². The summed E-state index contributed by atoms with van der Waals surface area (Å²) in [6, 6.07) is 9.83. The summed E-state index contributed by atoms with van der Waals surface area (Å²) in [7, 11) is 3.31. The van der Waals surface area contributed by atoms with Crippen molar-refractivity contribution in [1.82, 2.24) is 10.3 Å². The standard InChI is InChI=1S/C22H26N2O3/c1-26-18-8-7-15(13-19(18)27-2)20-16-5-3-4-6-17(16)21(20)24-22(25)14-9-11-23-12-10-14/h7-13,16-17,20-21H,3-6H2,1-2H3,(H,24,25)/t16-,17+,20-,21-/m0/s1. The van der Waals surface area contributed by atoms with E-state index in [1.165, 1.54) is 31.2 Å². The van der Waals surface area contributed by atoms with Crippen molar-refractivity contribution in [3.05, 3.63) is 53.9 Å². The second kappa shape index (κ2) is 7.59. The van der Waals surface area contributed by atoms with Crippen LogP contribution in [-0.4, -0.2) is 31.2 Å². The average molecular weight is 366 g/mol. The number of pyridine rings is 1. The van der Waals surface area contributed by atoms with Crippen LogP contribution in [0.1, 0.15) is 47.5 Å². The third kappa shape index (κ3) is 3.27. The van der Waals surface area contributed by atoms with Gasteiger partial charge in [-0.1, -0.05) is 18.9 Å². The first-order chi connectivity index (χ1) is 13.2. The van der Waals surface area contributed by atoms with E-state index in [0.717, 1.165) is 11.5 Å². The Kier molecular flexibility index (Phi) is 5.01. The molecular formula is C22H26N2O3. The smallest absolute Gasteiger partial charge is 0.251 e. The third-order valence-electron chi connectivity index (χ3n) is 6.22. The van der Waals surface area contributed by atoms with Crippen LogP contribution in [0, 0.1) is 11.8 Å². The molecule has 0 bridgehead atoms. The molecule has 1 aromatic carbocycles. The monoisotopic (exact) mass is 366 g/mol. The molecule has 0 radical (unpaired) electrons. The van der Waals surface area contributed by atoms with Crippen LogP contribution in [0.15, 0.2) is 42.7 Å². The van der Waals surface area contributed by atoms with Gasteiger partial charge in [-0.15, -0.1) is 0 Å². The topological polar surface area (TPSA) is 60.5 Å². The molecule has 142 valence electrons. The zero-order valence-corrected chi connectivity index (χ0v) is 15.9. The van der Waals surface area contributed by atoms with Gasteiger partial charge < -0.3 is 14.8 Å². The lowest BCUT2D eigenvalue weighted by molar-refractivity contribution is 0.0251. The largest absolute Gasteiger partial charge is 0.493 e. The molecule has 2 fully saturated rings. The minimum absolute atomic E-state index is 0.0168. The Morgan fingerprint density at radius 2 is 1.70 bits per heavy atom. The minimum Gasteiger partial charge on any atom is -0.493 e. The summed E-state index contributed by atoms with van der Waals surface area (Å²) in [6.45, 7) is 0. The fourth-order valence-electron chi connectivity index (χ4n) is 4.92. The summed E-state index contributed by atoms with van der Waals surface area (Å²) in [5.41, 5.74) is 1.88. The maximum Gasteiger partial charge on any atom is 0.251 e. The van der Waals surface area contributed by atoms with Crippen LogP contribution in [-0.2, 0) is 0 Å². The number of methoxy groups -OCH3 is 2. The molecule has 5 heteroatoms. The Morgan fingerprint density at radius 1 is 1.00 bits per heavy atom. The zero-order chi connectivity index (χ0) is 18.8. The van der Waals surface area contributed by atoms with Gasteiger partial charge in [-0.05, 0) is 54.5 Å². The number of nitrogens with zero attached hydrogens (tertiary/aromatic N) is 1. The normalized spacial score (nSPS) is 26.4. The molecule has 4 rings (SSSR count). The van der Waals surface area contributed by atoms with Gasteiger partial charge in [0.25, 0.3) is 5.91 Å². The number of carbonyl (C=O) groups excluding carboxylic acids is 1. The molecule has 1 aromatic heterocycles. The zero-order valence-electron chi connectivity index (χ0n) is 15.9. The van der Waals surface area contributed by atoms with Gasteiger partial charge in [-0.25, -0.2) is 0 Å². The van der Waals surface area contributed by atoms with Crippen LogP contribution < -0.4 is 14.8 Å². The summed E-state index contributed by atoms with van der Waals surface area (Å²) < 4.78 is 10.9. The van der Waals surface area contributed by atoms with E-state index >= 15 is 0 Å². The van der Waals surface area contributed by atoms with Crippen molar-refractivity contribution < 1.29 is 14.3 Å². The highest BCUT2D eigenvalue weighted by atomic mass is 16.5. The van der Waals surface area contributed by atoms with Gasteiger partial charge in [0.15, 0.2) is 11.5 Å². The van der Waals surface area contributed by atoms with E-state index in [2.05, 4.69) is 22.4 Å². The van der Waals surface area contributed by atoms with Crippen molar-refractivity contribution in [2.75, 3.05) is 14.2 Å². The predicted molar refractivity (Wildman–Crippen MR) is 103 cm³/mol. The molecule has 1 N–H and O–H groups in total. The van der Waals surface area contributed by atoms with Gasteiger partial charge in [-0.3, -0.25) is 9.78 Å².